The zero-order chi connectivity index (χ0) is 17.4. The van der Waals surface area contributed by atoms with E-state index in [1.807, 2.05) is 53.6 Å². The third kappa shape index (κ3) is 3.09. The van der Waals surface area contributed by atoms with Crippen LogP contribution in [-0.4, -0.2) is 29.8 Å². The van der Waals surface area contributed by atoms with Crippen LogP contribution in [0.5, 0.6) is 0 Å². The molecule has 2 amide bonds. The van der Waals surface area contributed by atoms with Crippen molar-refractivity contribution >= 4 is 23.2 Å². The Morgan fingerprint density at radius 3 is 2.88 bits per heavy atom. The van der Waals surface area contributed by atoms with Crippen molar-refractivity contribution in [3.63, 3.8) is 0 Å². The van der Waals surface area contributed by atoms with Gasteiger partial charge in [-0.3, -0.25) is 9.59 Å². The number of carbonyl (C=O) groups excluding carboxylic acids is 2. The van der Waals surface area contributed by atoms with Gasteiger partial charge in [-0.05, 0) is 42.8 Å². The van der Waals surface area contributed by atoms with Gasteiger partial charge in [-0.1, -0.05) is 24.3 Å². The summed E-state index contributed by atoms with van der Waals surface area (Å²) >= 11 is 1.66. The van der Waals surface area contributed by atoms with Gasteiger partial charge in [0.15, 0.2) is 0 Å². The molecule has 1 saturated heterocycles. The lowest BCUT2D eigenvalue weighted by Gasteiger charge is -2.18. The maximum atomic E-state index is 12.8. The second kappa shape index (κ2) is 6.30. The molecular formula is C20H22N2O2S. The third-order valence-corrected chi connectivity index (χ3v) is 6.45. The molecule has 2 atom stereocenters. The number of thiophene rings is 1. The zero-order valence-electron chi connectivity index (χ0n) is 14.3. The first kappa shape index (κ1) is 16.3. The molecular weight excluding hydrogens is 332 g/mol. The molecule has 1 N–H and O–H groups in total. The minimum absolute atomic E-state index is 0.0118. The summed E-state index contributed by atoms with van der Waals surface area (Å²) in [6.45, 7) is 4.03. The smallest absolute Gasteiger partial charge is 0.254 e. The van der Waals surface area contributed by atoms with Crippen LogP contribution in [0.25, 0.3) is 0 Å². The van der Waals surface area contributed by atoms with E-state index in [1.54, 1.807) is 11.3 Å². The van der Waals surface area contributed by atoms with E-state index in [9.17, 15) is 9.59 Å². The van der Waals surface area contributed by atoms with Crippen LogP contribution >= 0.6 is 11.3 Å². The van der Waals surface area contributed by atoms with E-state index in [-0.39, 0.29) is 23.1 Å². The van der Waals surface area contributed by atoms with Crippen molar-refractivity contribution in [1.82, 2.24) is 10.2 Å². The number of likely N-dealkylation sites (tertiary alicyclic amines) is 1. The molecule has 1 aliphatic heterocycles. The van der Waals surface area contributed by atoms with Crippen molar-refractivity contribution in [2.75, 3.05) is 13.1 Å². The van der Waals surface area contributed by atoms with Crippen LogP contribution in [-0.2, 0) is 11.3 Å². The largest absolute Gasteiger partial charge is 0.351 e. The number of hydrogen-bond acceptors (Lipinski definition) is 3. The molecule has 5 heteroatoms. The van der Waals surface area contributed by atoms with Crippen molar-refractivity contribution < 1.29 is 9.59 Å². The van der Waals surface area contributed by atoms with Gasteiger partial charge in [-0.15, -0.1) is 11.3 Å². The number of rotatable bonds is 4. The highest BCUT2D eigenvalue weighted by Crippen LogP contribution is 2.58. The molecule has 2 aromatic rings. The molecule has 1 saturated carbocycles. The maximum Gasteiger partial charge on any atom is 0.254 e. The van der Waals surface area contributed by atoms with Gasteiger partial charge < -0.3 is 10.2 Å². The van der Waals surface area contributed by atoms with Crippen LogP contribution in [0.4, 0.5) is 0 Å². The fourth-order valence-electron chi connectivity index (χ4n) is 3.93. The molecule has 0 unspecified atom stereocenters. The molecule has 4 nitrogen and oxygen atoms in total. The Labute approximate surface area is 151 Å². The molecule has 2 fully saturated rings. The van der Waals surface area contributed by atoms with Crippen molar-refractivity contribution in [2.24, 2.45) is 11.3 Å². The van der Waals surface area contributed by atoms with E-state index in [0.29, 0.717) is 13.1 Å². The molecule has 1 aromatic heterocycles. The quantitative estimate of drug-likeness (QED) is 0.916. The van der Waals surface area contributed by atoms with Gasteiger partial charge in [0.1, 0.15) is 0 Å². The number of nitrogens with one attached hydrogen (secondary N) is 1. The summed E-state index contributed by atoms with van der Waals surface area (Å²) in [6, 6.07) is 11.7. The van der Waals surface area contributed by atoms with Gasteiger partial charge in [-0.25, -0.2) is 0 Å². The molecule has 2 heterocycles. The molecule has 2 aliphatic rings. The van der Waals surface area contributed by atoms with Crippen molar-refractivity contribution in [2.45, 2.75) is 26.3 Å². The van der Waals surface area contributed by atoms with Gasteiger partial charge in [0, 0.05) is 34.9 Å². The summed E-state index contributed by atoms with van der Waals surface area (Å²) in [5.74, 6) is 0.292. The van der Waals surface area contributed by atoms with E-state index in [0.717, 1.165) is 30.5 Å². The number of benzene rings is 1. The highest BCUT2D eigenvalue weighted by molar-refractivity contribution is 7.09. The lowest BCUT2D eigenvalue weighted by atomic mass is 10.0. The van der Waals surface area contributed by atoms with Gasteiger partial charge in [-0.2, -0.15) is 0 Å². The van der Waals surface area contributed by atoms with Gasteiger partial charge in [0.25, 0.3) is 5.91 Å². The first-order valence-electron chi connectivity index (χ1n) is 8.74. The molecule has 0 bridgehead atoms. The highest BCUT2D eigenvalue weighted by Gasteiger charge is 2.61. The molecule has 4 rings (SSSR count). The molecule has 1 aliphatic carbocycles. The van der Waals surface area contributed by atoms with Crippen LogP contribution in [0.15, 0.2) is 41.8 Å². The number of amides is 2. The Bertz CT molecular complexity index is 802. The summed E-state index contributed by atoms with van der Waals surface area (Å²) in [6.07, 6.45) is 1.84. The Kier molecular flexibility index (Phi) is 4.12. The fourth-order valence-corrected chi connectivity index (χ4v) is 4.58. The van der Waals surface area contributed by atoms with E-state index < -0.39 is 0 Å². The Morgan fingerprint density at radius 2 is 2.12 bits per heavy atom. The standard InChI is InChI=1S/C20H22N2O2S/c1-14-5-2-3-7-16(14)19(24)22-9-8-20(13-22)11-17(20)18(23)21-12-15-6-4-10-25-15/h2-7,10,17H,8-9,11-13H2,1H3,(H,21,23)/t17-,20-/m1/s1. The predicted molar refractivity (Wildman–Crippen MR) is 98.4 cm³/mol. The highest BCUT2D eigenvalue weighted by atomic mass is 32.1. The number of carbonyl (C=O) groups is 2. The van der Waals surface area contributed by atoms with Gasteiger partial charge >= 0.3 is 0 Å². The van der Waals surface area contributed by atoms with Crippen molar-refractivity contribution in [3.8, 4) is 0 Å². The number of nitrogens with zero attached hydrogens (tertiary/aromatic N) is 1. The average molecular weight is 354 g/mol. The summed E-state index contributed by atoms with van der Waals surface area (Å²) in [7, 11) is 0. The van der Waals surface area contributed by atoms with Crippen molar-refractivity contribution in [1.29, 1.82) is 0 Å². The topological polar surface area (TPSA) is 49.4 Å². The van der Waals surface area contributed by atoms with E-state index in [2.05, 4.69) is 5.32 Å². The minimum atomic E-state index is 0.0118. The summed E-state index contributed by atoms with van der Waals surface area (Å²) in [4.78, 5) is 28.3. The Hall–Kier alpha value is -2.14. The maximum absolute atomic E-state index is 12.8. The molecule has 0 radical (unpaired) electrons. The predicted octanol–water partition coefficient (Wildman–Crippen LogP) is 3.23. The van der Waals surface area contributed by atoms with Crippen LogP contribution in [0.1, 0.15) is 33.6 Å². The van der Waals surface area contributed by atoms with Crippen LogP contribution in [0, 0.1) is 18.3 Å². The lowest BCUT2D eigenvalue weighted by Crippen LogP contribution is -2.31. The molecule has 1 spiro atoms. The molecule has 1 aromatic carbocycles. The summed E-state index contributed by atoms with van der Waals surface area (Å²) in [5.41, 5.74) is 1.80. The monoisotopic (exact) mass is 354 g/mol. The summed E-state index contributed by atoms with van der Waals surface area (Å²) in [5, 5.41) is 5.07. The van der Waals surface area contributed by atoms with Crippen LogP contribution in [0.3, 0.4) is 0 Å². The Balaban J connectivity index is 1.36. The molecule has 25 heavy (non-hydrogen) atoms. The normalized spacial score (nSPS) is 24.5. The van der Waals surface area contributed by atoms with Gasteiger partial charge in [0.2, 0.25) is 5.91 Å². The lowest BCUT2D eigenvalue weighted by molar-refractivity contribution is -0.123. The second-order valence-corrected chi connectivity index (χ2v) is 8.24. The SMILES string of the molecule is Cc1ccccc1C(=O)N1CC[C@@]2(C[C@@H]2C(=O)NCc2cccs2)C1. The van der Waals surface area contributed by atoms with E-state index >= 15 is 0 Å². The van der Waals surface area contributed by atoms with Gasteiger partial charge in [0.05, 0.1) is 6.54 Å². The zero-order valence-corrected chi connectivity index (χ0v) is 15.1. The third-order valence-electron chi connectivity index (χ3n) is 5.57. The van der Waals surface area contributed by atoms with E-state index in [1.165, 1.54) is 4.88 Å². The first-order valence-corrected chi connectivity index (χ1v) is 9.62. The average Bonchev–Trinajstić information content (AvgIpc) is 2.96. The van der Waals surface area contributed by atoms with E-state index in [4.69, 9.17) is 0 Å². The Morgan fingerprint density at radius 1 is 1.28 bits per heavy atom. The van der Waals surface area contributed by atoms with Crippen molar-refractivity contribution in [3.05, 3.63) is 57.8 Å². The number of hydrogen-bond donors (Lipinski definition) is 1. The number of aryl methyl sites for hydroxylation is 1. The summed E-state index contributed by atoms with van der Waals surface area (Å²) < 4.78 is 0. The minimum Gasteiger partial charge on any atom is -0.351 e. The first-order chi connectivity index (χ1) is 12.1. The van der Waals surface area contributed by atoms with Crippen LogP contribution < -0.4 is 5.32 Å². The van der Waals surface area contributed by atoms with Crippen LogP contribution in [0.2, 0.25) is 0 Å². The fraction of sp³-hybridized carbons (Fsp3) is 0.400. The molecule has 130 valence electrons. The second-order valence-electron chi connectivity index (χ2n) is 7.21.